The molecule has 1 aromatic rings. The van der Waals surface area contributed by atoms with Crippen LogP contribution in [0.3, 0.4) is 0 Å². The maximum absolute atomic E-state index is 11.8. The highest BCUT2D eigenvalue weighted by atomic mass is 35.5. The van der Waals surface area contributed by atoms with Gasteiger partial charge in [-0.3, -0.25) is 5.10 Å². The molecule has 0 spiro atoms. The van der Waals surface area contributed by atoms with Crippen molar-refractivity contribution in [3.63, 3.8) is 0 Å². The Hall–Kier alpha value is -0.590. The zero-order valence-electron chi connectivity index (χ0n) is 9.39. The van der Waals surface area contributed by atoms with E-state index in [0.29, 0.717) is 12.5 Å². The third kappa shape index (κ3) is 3.43. The van der Waals surface area contributed by atoms with Crippen molar-refractivity contribution in [1.82, 2.24) is 14.9 Å². The highest BCUT2D eigenvalue weighted by Gasteiger charge is 2.23. The average molecular weight is 278 g/mol. The molecule has 1 aliphatic rings. The summed E-state index contributed by atoms with van der Waals surface area (Å²) in [7, 11) is -3.42. The van der Waals surface area contributed by atoms with Gasteiger partial charge in [0, 0.05) is 18.1 Å². The molecule has 7 heteroatoms. The summed E-state index contributed by atoms with van der Waals surface area (Å²) in [4.78, 5) is 0.177. The number of rotatable bonds is 4. The van der Waals surface area contributed by atoms with Gasteiger partial charge in [-0.1, -0.05) is 6.42 Å². The highest BCUT2D eigenvalue weighted by Crippen LogP contribution is 2.27. The number of nitrogens with one attached hydrogen (secondary N) is 2. The molecule has 96 valence electrons. The first kappa shape index (κ1) is 12.9. The molecule has 0 radical (unpaired) electrons. The molecule has 5 nitrogen and oxygen atoms in total. The Morgan fingerprint density at radius 1 is 1.53 bits per heavy atom. The summed E-state index contributed by atoms with van der Waals surface area (Å²) in [5.74, 6) is 0.341. The Kier molecular flexibility index (Phi) is 4.06. The van der Waals surface area contributed by atoms with Crippen molar-refractivity contribution in [3.8, 4) is 0 Å². The van der Waals surface area contributed by atoms with E-state index in [-0.39, 0.29) is 10.3 Å². The first-order chi connectivity index (χ1) is 8.08. The van der Waals surface area contributed by atoms with Crippen LogP contribution >= 0.6 is 11.6 Å². The lowest BCUT2D eigenvalue weighted by Crippen LogP contribution is -2.31. The first-order valence-electron chi connectivity index (χ1n) is 5.70. The van der Waals surface area contributed by atoms with Gasteiger partial charge in [-0.25, -0.2) is 13.1 Å². The molecule has 1 aromatic heterocycles. The normalized spacial score (nSPS) is 25.9. The summed E-state index contributed by atoms with van der Waals surface area (Å²) in [5, 5.41) is 6.31. The molecule has 17 heavy (non-hydrogen) atoms. The van der Waals surface area contributed by atoms with E-state index in [1.165, 1.54) is 12.4 Å². The van der Waals surface area contributed by atoms with E-state index in [0.717, 1.165) is 25.7 Å². The van der Waals surface area contributed by atoms with Crippen LogP contribution in [-0.2, 0) is 10.0 Å². The van der Waals surface area contributed by atoms with Crippen LogP contribution in [0.5, 0.6) is 0 Å². The molecule has 2 atom stereocenters. The van der Waals surface area contributed by atoms with Crippen LogP contribution in [0.4, 0.5) is 0 Å². The van der Waals surface area contributed by atoms with Crippen molar-refractivity contribution < 1.29 is 8.42 Å². The third-order valence-corrected chi connectivity index (χ3v) is 4.85. The Balaban J connectivity index is 1.89. The van der Waals surface area contributed by atoms with Gasteiger partial charge >= 0.3 is 0 Å². The zero-order valence-corrected chi connectivity index (χ0v) is 11.0. The van der Waals surface area contributed by atoms with E-state index in [4.69, 9.17) is 11.6 Å². The van der Waals surface area contributed by atoms with Crippen LogP contribution in [0.1, 0.15) is 25.7 Å². The quantitative estimate of drug-likeness (QED) is 0.819. The van der Waals surface area contributed by atoms with Crippen LogP contribution in [0.25, 0.3) is 0 Å². The van der Waals surface area contributed by atoms with Gasteiger partial charge in [0.2, 0.25) is 10.0 Å². The number of aromatic nitrogens is 2. The largest absolute Gasteiger partial charge is 0.284 e. The summed E-state index contributed by atoms with van der Waals surface area (Å²) in [6.45, 7) is 0.455. The van der Waals surface area contributed by atoms with Gasteiger partial charge in [0.15, 0.2) is 0 Å². The number of hydrogen-bond acceptors (Lipinski definition) is 3. The molecule has 0 aromatic carbocycles. The van der Waals surface area contributed by atoms with Crippen molar-refractivity contribution in [1.29, 1.82) is 0 Å². The minimum Gasteiger partial charge on any atom is -0.284 e. The fourth-order valence-electron chi connectivity index (χ4n) is 2.11. The highest BCUT2D eigenvalue weighted by molar-refractivity contribution is 7.89. The summed E-state index contributed by atoms with van der Waals surface area (Å²) in [6, 6.07) is 0. The molecule has 1 fully saturated rings. The van der Waals surface area contributed by atoms with Gasteiger partial charge in [0.25, 0.3) is 0 Å². The van der Waals surface area contributed by atoms with Gasteiger partial charge in [0.1, 0.15) is 4.90 Å². The second-order valence-corrected chi connectivity index (χ2v) is 6.80. The van der Waals surface area contributed by atoms with E-state index in [2.05, 4.69) is 14.9 Å². The molecule has 2 rings (SSSR count). The molecule has 0 bridgehead atoms. The van der Waals surface area contributed by atoms with Crippen LogP contribution in [0, 0.1) is 5.92 Å². The fourth-order valence-corrected chi connectivity index (χ4v) is 3.54. The number of hydrogen-bond donors (Lipinski definition) is 2. The molecule has 2 unspecified atom stereocenters. The molecule has 2 N–H and O–H groups in total. The van der Waals surface area contributed by atoms with Crippen molar-refractivity contribution >= 4 is 21.6 Å². The van der Waals surface area contributed by atoms with E-state index < -0.39 is 10.0 Å². The van der Waals surface area contributed by atoms with E-state index in [1.807, 2.05) is 0 Å². The van der Waals surface area contributed by atoms with E-state index >= 15 is 0 Å². The number of H-pyrrole nitrogens is 1. The van der Waals surface area contributed by atoms with Gasteiger partial charge < -0.3 is 0 Å². The lowest BCUT2D eigenvalue weighted by Gasteiger charge is -2.25. The molecule has 0 aliphatic heterocycles. The number of nitrogens with zero attached hydrogens (tertiary/aromatic N) is 1. The predicted octanol–water partition coefficient (Wildman–Crippen LogP) is 1.49. The van der Waals surface area contributed by atoms with Gasteiger partial charge in [-0.2, -0.15) is 5.10 Å². The van der Waals surface area contributed by atoms with Crippen molar-refractivity contribution in [2.75, 3.05) is 6.54 Å². The van der Waals surface area contributed by atoms with E-state index in [1.54, 1.807) is 0 Å². The lowest BCUT2D eigenvalue weighted by molar-refractivity contribution is 0.361. The maximum atomic E-state index is 11.8. The van der Waals surface area contributed by atoms with Crippen LogP contribution in [0.15, 0.2) is 17.3 Å². The molecular formula is C10H16ClN3O2S. The smallest absolute Gasteiger partial charge is 0.243 e. The Morgan fingerprint density at radius 3 is 3.00 bits per heavy atom. The summed E-state index contributed by atoms with van der Waals surface area (Å²) in [5.41, 5.74) is 0. The van der Waals surface area contributed by atoms with Crippen molar-refractivity contribution in [2.45, 2.75) is 36.0 Å². The maximum Gasteiger partial charge on any atom is 0.243 e. The monoisotopic (exact) mass is 277 g/mol. The van der Waals surface area contributed by atoms with Crippen molar-refractivity contribution in [2.24, 2.45) is 5.92 Å². The Morgan fingerprint density at radius 2 is 2.35 bits per heavy atom. The van der Waals surface area contributed by atoms with Crippen LogP contribution in [0.2, 0.25) is 0 Å². The number of sulfonamides is 1. The molecule has 1 heterocycles. The summed E-state index contributed by atoms with van der Waals surface area (Å²) >= 11 is 6.07. The number of alkyl halides is 1. The second-order valence-electron chi connectivity index (χ2n) is 4.42. The standard InChI is InChI=1S/C10H16ClN3O2S/c11-9-3-1-2-8(4-9)5-14-17(15,16)10-6-12-13-7-10/h6-9,14H,1-5H2,(H,12,13). The van der Waals surface area contributed by atoms with Crippen LogP contribution < -0.4 is 4.72 Å². The minimum atomic E-state index is -3.42. The molecule has 0 amide bonds. The fraction of sp³-hybridized carbons (Fsp3) is 0.700. The first-order valence-corrected chi connectivity index (χ1v) is 7.62. The van der Waals surface area contributed by atoms with Crippen molar-refractivity contribution in [3.05, 3.63) is 12.4 Å². The van der Waals surface area contributed by atoms with Gasteiger partial charge in [-0.05, 0) is 25.2 Å². The Bertz CT molecular complexity index is 446. The minimum absolute atomic E-state index is 0.177. The molecule has 0 saturated heterocycles. The van der Waals surface area contributed by atoms with Gasteiger partial charge in [-0.15, -0.1) is 11.6 Å². The SMILES string of the molecule is O=S(=O)(NCC1CCCC(Cl)C1)c1cn[nH]c1. The van der Waals surface area contributed by atoms with Gasteiger partial charge in [0.05, 0.1) is 6.20 Å². The molecule has 1 saturated carbocycles. The Labute approximate surface area is 106 Å². The lowest BCUT2D eigenvalue weighted by atomic mass is 9.89. The third-order valence-electron chi connectivity index (χ3n) is 3.06. The zero-order chi connectivity index (χ0) is 12.3. The molecular weight excluding hydrogens is 262 g/mol. The second kappa shape index (κ2) is 5.37. The van der Waals surface area contributed by atoms with E-state index in [9.17, 15) is 8.42 Å². The number of halogens is 1. The topological polar surface area (TPSA) is 74.8 Å². The number of aromatic amines is 1. The van der Waals surface area contributed by atoms with Crippen LogP contribution in [-0.4, -0.2) is 30.5 Å². The predicted molar refractivity (Wildman–Crippen MR) is 65.4 cm³/mol. The summed E-state index contributed by atoms with van der Waals surface area (Å²) < 4.78 is 26.2. The molecule has 1 aliphatic carbocycles. The average Bonchev–Trinajstić information content (AvgIpc) is 2.81. The summed E-state index contributed by atoms with van der Waals surface area (Å²) in [6.07, 6.45) is 6.70.